The molecule has 100 valence electrons. The van der Waals surface area contributed by atoms with Gasteiger partial charge in [-0.2, -0.15) is 0 Å². The van der Waals surface area contributed by atoms with Gasteiger partial charge in [-0.05, 0) is 24.0 Å². The average molecular weight is 311 g/mol. The number of carbonyl (C=O) groups is 1. The van der Waals surface area contributed by atoms with Gasteiger partial charge in [0, 0.05) is 5.02 Å². The van der Waals surface area contributed by atoms with Crippen molar-refractivity contribution >= 4 is 46.5 Å². The summed E-state index contributed by atoms with van der Waals surface area (Å²) >= 11 is 18.0. The molecule has 0 fully saturated rings. The van der Waals surface area contributed by atoms with Gasteiger partial charge in [0.25, 0.3) is 0 Å². The number of nitrogen functional groups attached to an aromatic ring is 1. The molecule has 0 aliphatic carbocycles. The van der Waals surface area contributed by atoms with Crippen LogP contribution in [0.25, 0.3) is 0 Å². The highest BCUT2D eigenvalue weighted by Gasteiger charge is 2.25. The van der Waals surface area contributed by atoms with Crippen molar-refractivity contribution in [3.05, 3.63) is 26.7 Å². The van der Waals surface area contributed by atoms with Crippen LogP contribution in [-0.2, 0) is 11.2 Å². The van der Waals surface area contributed by atoms with E-state index in [9.17, 15) is 4.79 Å². The van der Waals surface area contributed by atoms with Gasteiger partial charge in [0.15, 0.2) is 0 Å². The number of halogens is 3. The van der Waals surface area contributed by atoms with Crippen molar-refractivity contribution in [1.29, 1.82) is 0 Å². The van der Waals surface area contributed by atoms with Crippen LogP contribution in [0.15, 0.2) is 6.07 Å². The van der Waals surface area contributed by atoms with Crippen LogP contribution in [0.1, 0.15) is 19.4 Å². The minimum atomic E-state index is -0.884. The Morgan fingerprint density at radius 3 is 2.33 bits per heavy atom. The number of carboxylic acids is 1. The molecule has 0 aliphatic heterocycles. The van der Waals surface area contributed by atoms with E-state index >= 15 is 0 Å². The summed E-state index contributed by atoms with van der Waals surface area (Å²) in [6.07, 6.45) is 0.228. The highest BCUT2D eigenvalue weighted by atomic mass is 35.5. The molecule has 0 aliphatic rings. The van der Waals surface area contributed by atoms with Gasteiger partial charge in [0.2, 0.25) is 0 Å². The van der Waals surface area contributed by atoms with Crippen LogP contribution >= 0.6 is 34.8 Å². The molecule has 18 heavy (non-hydrogen) atoms. The van der Waals surface area contributed by atoms with Crippen LogP contribution in [0.2, 0.25) is 15.1 Å². The van der Waals surface area contributed by atoms with Gasteiger partial charge in [-0.3, -0.25) is 4.79 Å². The maximum Gasteiger partial charge on any atom is 0.307 e. The Labute approximate surface area is 121 Å². The summed E-state index contributed by atoms with van der Waals surface area (Å²) < 4.78 is 0. The third-order valence-electron chi connectivity index (χ3n) is 2.85. The van der Waals surface area contributed by atoms with E-state index in [0.29, 0.717) is 10.6 Å². The molecule has 1 aromatic rings. The van der Waals surface area contributed by atoms with Gasteiger partial charge >= 0.3 is 5.97 Å². The van der Waals surface area contributed by atoms with Crippen molar-refractivity contribution in [3.8, 4) is 0 Å². The van der Waals surface area contributed by atoms with Crippen LogP contribution in [-0.4, -0.2) is 11.1 Å². The normalized spacial score (nSPS) is 12.8. The second kappa shape index (κ2) is 6.00. The molecule has 1 unspecified atom stereocenters. The Balaban J connectivity index is 3.18. The molecule has 0 amide bonds. The van der Waals surface area contributed by atoms with E-state index in [1.54, 1.807) is 0 Å². The average Bonchev–Trinajstić information content (AvgIpc) is 2.25. The number of benzene rings is 1. The zero-order chi connectivity index (χ0) is 14.0. The predicted molar refractivity (Wildman–Crippen MR) is 75.6 cm³/mol. The van der Waals surface area contributed by atoms with Crippen molar-refractivity contribution < 1.29 is 9.90 Å². The lowest BCUT2D eigenvalue weighted by atomic mass is 9.89. The molecule has 1 atom stereocenters. The van der Waals surface area contributed by atoms with E-state index < -0.39 is 11.9 Å². The zero-order valence-corrected chi connectivity index (χ0v) is 12.3. The first kappa shape index (κ1) is 15.4. The topological polar surface area (TPSA) is 63.3 Å². The molecule has 3 nitrogen and oxygen atoms in total. The molecule has 0 heterocycles. The molecule has 3 N–H and O–H groups in total. The fourth-order valence-corrected chi connectivity index (χ4v) is 2.58. The Bertz CT molecular complexity index is 475. The van der Waals surface area contributed by atoms with E-state index in [1.165, 1.54) is 6.07 Å². The monoisotopic (exact) mass is 309 g/mol. The fourth-order valence-electron chi connectivity index (χ4n) is 1.66. The molecule has 0 bridgehead atoms. The fraction of sp³-hybridized carbons (Fsp3) is 0.417. The number of nitrogens with two attached hydrogens (primary N) is 1. The second-order valence-corrected chi connectivity index (χ2v) is 5.63. The van der Waals surface area contributed by atoms with E-state index in [2.05, 4.69) is 0 Å². The van der Waals surface area contributed by atoms with Crippen LogP contribution in [0.5, 0.6) is 0 Å². The third kappa shape index (κ3) is 3.22. The van der Waals surface area contributed by atoms with E-state index in [4.69, 9.17) is 45.6 Å². The van der Waals surface area contributed by atoms with Gasteiger partial charge in [-0.15, -0.1) is 0 Å². The SMILES string of the molecule is CC(C)C(Cc1c(Cl)cc(Cl)c(N)c1Cl)C(=O)O. The van der Waals surface area contributed by atoms with Gasteiger partial charge in [-0.25, -0.2) is 0 Å². The highest BCUT2D eigenvalue weighted by Crippen LogP contribution is 2.37. The molecule has 0 radical (unpaired) electrons. The summed E-state index contributed by atoms with van der Waals surface area (Å²) in [5.74, 6) is -1.49. The van der Waals surface area contributed by atoms with Gasteiger partial charge < -0.3 is 10.8 Å². The largest absolute Gasteiger partial charge is 0.481 e. The minimum Gasteiger partial charge on any atom is -0.481 e. The number of aliphatic carboxylic acids is 1. The number of carboxylic acid groups (broad SMARTS) is 1. The number of anilines is 1. The molecule has 1 aromatic carbocycles. The van der Waals surface area contributed by atoms with Crippen LogP contribution in [0.3, 0.4) is 0 Å². The molecule has 6 heteroatoms. The Hall–Kier alpha value is -0.640. The van der Waals surface area contributed by atoms with Crippen molar-refractivity contribution in [2.75, 3.05) is 5.73 Å². The van der Waals surface area contributed by atoms with Crippen LogP contribution in [0, 0.1) is 11.8 Å². The Kier molecular flexibility index (Phi) is 5.14. The number of rotatable bonds is 4. The summed E-state index contributed by atoms with van der Waals surface area (Å²) in [7, 11) is 0. The van der Waals surface area contributed by atoms with Crippen molar-refractivity contribution in [2.24, 2.45) is 11.8 Å². The van der Waals surface area contributed by atoms with Crippen molar-refractivity contribution in [2.45, 2.75) is 20.3 Å². The smallest absolute Gasteiger partial charge is 0.307 e. The molecular weight excluding hydrogens is 296 g/mol. The summed E-state index contributed by atoms with van der Waals surface area (Å²) in [5.41, 5.74) is 6.47. The molecule has 0 spiro atoms. The molecule has 0 saturated heterocycles. The summed E-state index contributed by atoms with van der Waals surface area (Å²) in [4.78, 5) is 11.2. The van der Waals surface area contributed by atoms with Crippen LogP contribution < -0.4 is 5.73 Å². The van der Waals surface area contributed by atoms with E-state index in [1.807, 2.05) is 13.8 Å². The molecule has 0 saturated carbocycles. The van der Waals surface area contributed by atoms with Crippen LogP contribution in [0.4, 0.5) is 5.69 Å². The predicted octanol–water partition coefficient (Wildman–Crippen LogP) is 4.13. The molecular formula is C12H14Cl3NO2. The van der Waals surface area contributed by atoms with Crippen molar-refractivity contribution in [3.63, 3.8) is 0 Å². The lowest BCUT2D eigenvalue weighted by molar-refractivity contribution is -0.143. The third-order valence-corrected chi connectivity index (χ3v) is 3.93. The minimum absolute atomic E-state index is 0.0356. The maximum absolute atomic E-state index is 11.2. The lowest BCUT2D eigenvalue weighted by Crippen LogP contribution is -2.22. The Morgan fingerprint density at radius 1 is 1.33 bits per heavy atom. The van der Waals surface area contributed by atoms with Gasteiger partial charge in [-0.1, -0.05) is 48.7 Å². The summed E-state index contributed by atoms with van der Waals surface area (Å²) in [6.45, 7) is 3.67. The molecule has 0 aromatic heterocycles. The van der Waals surface area contributed by atoms with E-state index in [0.717, 1.165) is 0 Å². The lowest BCUT2D eigenvalue weighted by Gasteiger charge is -2.18. The molecule has 1 rings (SSSR count). The standard InChI is InChI=1S/C12H14Cl3NO2/c1-5(2)6(12(17)18)3-7-8(13)4-9(14)11(16)10(7)15/h4-6H,3,16H2,1-2H3,(H,17,18). The second-order valence-electron chi connectivity index (χ2n) is 4.44. The first-order valence-electron chi connectivity index (χ1n) is 5.40. The van der Waals surface area contributed by atoms with E-state index in [-0.39, 0.29) is 28.1 Å². The number of hydrogen-bond donors (Lipinski definition) is 2. The van der Waals surface area contributed by atoms with Crippen molar-refractivity contribution in [1.82, 2.24) is 0 Å². The quantitative estimate of drug-likeness (QED) is 0.822. The Morgan fingerprint density at radius 2 is 1.89 bits per heavy atom. The maximum atomic E-state index is 11.2. The number of hydrogen-bond acceptors (Lipinski definition) is 2. The van der Waals surface area contributed by atoms with Gasteiger partial charge in [0.05, 0.1) is 21.7 Å². The summed E-state index contributed by atoms with van der Waals surface area (Å²) in [6, 6.07) is 1.49. The van der Waals surface area contributed by atoms with Gasteiger partial charge in [0.1, 0.15) is 0 Å². The zero-order valence-electron chi connectivity index (χ0n) is 10.0. The highest BCUT2D eigenvalue weighted by molar-refractivity contribution is 6.42. The first-order valence-corrected chi connectivity index (χ1v) is 6.53. The summed E-state index contributed by atoms with van der Waals surface area (Å²) in [5, 5.41) is 10.0. The first-order chi connectivity index (χ1) is 8.25.